The van der Waals surface area contributed by atoms with E-state index < -0.39 is 0 Å². The molecule has 0 aliphatic carbocycles. The molecule has 2 amide bonds. The average Bonchev–Trinajstić information content (AvgIpc) is 2.35. The molecule has 0 saturated heterocycles. The molecule has 1 rings (SSSR count). The molecular weight excluding hydrogens is 232 g/mol. The highest BCUT2D eigenvalue weighted by molar-refractivity contribution is 6.05. The number of nitrogens with one attached hydrogen (secondary N) is 2. The van der Waals surface area contributed by atoms with E-state index >= 15 is 0 Å². The average molecular weight is 254 g/mol. The van der Waals surface area contributed by atoms with E-state index in [1.165, 1.54) is 0 Å². The Balaban J connectivity index is 2.44. The van der Waals surface area contributed by atoms with Gasteiger partial charge in [-0.15, -0.1) is 0 Å². The normalized spacial score (nSPS) is 16.2. The van der Waals surface area contributed by atoms with Crippen molar-refractivity contribution in [3.63, 3.8) is 0 Å². The Bertz CT molecular complexity index is 352. The Hall–Kier alpha value is -1.40. The van der Waals surface area contributed by atoms with Gasteiger partial charge in [0.05, 0.1) is 0 Å². The van der Waals surface area contributed by atoms with Gasteiger partial charge in [-0.05, 0) is 13.3 Å². The fourth-order valence-electron chi connectivity index (χ4n) is 1.87. The Morgan fingerprint density at radius 2 is 2.11 bits per heavy atom. The molecule has 0 radical (unpaired) electrons. The molecule has 1 aliphatic rings. The minimum absolute atomic E-state index is 0.0624. The molecule has 0 fully saturated rings. The number of carbonyl (C=O) groups excluding carboxylic acids is 2. The third-order valence-corrected chi connectivity index (χ3v) is 3.00. The van der Waals surface area contributed by atoms with Crippen LogP contribution in [-0.2, 0) is 9.59 Å². The summed E-state index contributed by atoms with van der Waals surface area (Å²) < 4.78 is 0. The molecule has 6 nitrogen and oxygen atoms in total. The van der Waals surface area contributed by atoms with Gasteiger partial charge < -0.3 is 21.3 Å². The number of rotatable bonds is 6. The van der Waals surface area contributed by atoms with Crippen molar-refractivity contribution < 1.29 is 9.59 Å². The maximum absolute atomic E-state index is 11.9. The summed E-state index contributed by atoms with van der Waals surface area (Å²) in [4.78, 5) is 25.3. The summed E-state index contributed by atoms with van der Waals surface area (Å²) in [7, 11) is 1.75. The predicted molar refractivity (Wildman–Crippen MR) is 69.9 cm³/mol. The first-order chi connectivity index (χ1) is 8.57. The first-order valence-corrected chi connectivity index (χ1v) is 6.22. The monoisotopic (exact) mass is 254 g/mol. The van der Waals surface area contributed by atoms with Gasteiger partial charge in [0, 0.05) is 50.9 Å². The van der Waals surface area contributed by atoms with Crippen molar-refractivity contribution in [1.82, 2.24) is 15.5 Å². The maximum atomic E-state index is 11.9. The van der Waals surface area contributed by atoms with Crippen molar-refractivity contribution >= 4 is 11.8 Å². The highest BCUT2D eigenvalue weighted by Crippen LogP contribution is 2.17. The molecule has 18 heavy (non-hydrogen) atoms. The zero-order valence-electron chi connectivity index (χ0n) is 11.1. The van der Waals surface area contributed by atoms with Gasteiger partial charge in [-0.2, -0.15) is 0 Å². The van der Waals surface area contributed by atoms with Crippen molar-refractivity contribution in [2.45, 2.75) is 13.3 Å². The topological polar surface area (TPSA) is 87.5 Å². The zero-order chi connectivity index (χ0) is 13.5. The van der Waals surface area contributed by atoms with Crippen LogP contribution in [0.5, 0.6) is 0 Å². The quantitative estimate of drug-likeness (QED) is 0.521. The third kappa shape index (κ3) is 3.82. The van der Waals surface area contributed by atoms with Crippen LogP contribution in [0.3, 0.4) is 0 Å². The molecule has 0 aromatic rings. The summed E-state index contributed by atoms with van der Waals surface area (Å²) in [5.41, 5.74) is 6.49. The molecular formula is C12H22N4O2. The van der Waals surface area contributed by atoms with E-state index in [1.807, 2.05) is 0 Å². The van der Waals surface area contributed by atoms with Gasteiger partial charge in [-0.3, -0.25) is 9.59 Å². The molecule has 1 heterocycles. The van der Waals surface area contributed by atoms with Crippen molar-refractivity contribution in [3.05, 3.63) is 11.1 Å². The molecule has 0 atom stereocenters. The summed E-state index contributed by atoms with van der Waals surface area (Å²) in [6, 6.07) is 0. The van der Waals surface area contributed by atoms with E-state index in [0.29, 0.717) is 43.7 Å². The Morgan fingerprint density at radius 1 is 1.39 bits per heavy atom. The highest BCUT2D eigenvalue weighted by Gasteiger charge is 2.24. The van der Waals surface area contributed by atoms with E-state index in [4.69, 9.17) is 5.73 Å². The maximum Gasteiger partial charge on any atom is 0.249 e. The molecule has 0 aromatic carbocycles. The van der Waals surface area contributed by atoms with E-state index in [0.717, 1.165) is 6.54 Å². The van der Waals surface area contributed by atoms with Crippen molar-refractivity contribution in [1.29, 1.82) is 0 Å². The molecule has 1 aliphatic heterocycles. The molecule has 6 heteroatoms. The fraction of sp³-hybridized carbons (Fsp3) is 0.667. The van der Waals surface area contributed by atoms with Crippen molar-refractivity contribution in [2.24, 2.45) is 5.73 Å². The van der Waals surface area contributed by atoms with Crippen LogP contribution in [0.1, 0.15) is 13.3 Å². The summed E-state index contributed by atoms with van der Waals surface area (Å²) in [5, 5.41) is 5.90. The van der Waals surface area contributed by atoms with Gasteiger partial charge in [0.1, 0.15) is 0 Å². The Kier molecular flexibility index (Phi) is 5.80. The molecule has 0 aromatic heterocycles. The summed E-state index contributed by atoms with van der Waals surface area (Å²) in [5.74, 6) is -0.198. The summed E-state index contributed by atoms with van der Waals surface area (Å²) in [6.07, 6.45) is 0.621. The second-order valence-corrected chi connectivity index (χ2v) is 4.37. The first kappa shape index (κ1) is 14.7. The minimum atomic E-state index is -0.136. The largest absolute Gasteiger partial charge is 0.351 e. The van der Waals surface area contributed by atoms with Gasteiger partial charge in [-0.1, -0.05) is 0 Å². The number of nitrogens with two attached hydrogens (primary N) is 1. The number of nitrogens with zero attached hydrogens (tertiary/aromatic N) is 1. The minimum Gasteiger partial charge on any atom is -0.351 e. The van der Waals surface area contributed by atoms with Crippen LogP contribution in [0.15, 0.2) is 11.1 Å². The van der Waals surface area contributed by atoms with Crippen LogP contribution in [0.2, 0.25) is 0 Å². The lowest BCUT2D eigenvalue weighted by atomic mass is 10.0. The summed E-state index contributed by atoms with van der Waals surface area (Å²) >= 11 is 0. The Morgan fingerprint density at radius 3 is 2.78 bits per heavy atom. The van der Waals surface area contributed by atoms with Crippen LogP contribution in [0, 0.1) is 0 Å². The van der Waals surface area contributed by atoms with Crippen LogP contribution >= 0.6 is 0 Å². The molecule has 0 unspecified atom stereocenters. The van der Waals surface area contributed by atoms with Crippen LogP contribution in [0.4, 0.5) is 0 Å². The van der Waals surface area contributed by atoms with Gasteiger partial charge in [0.2, 0.25) is 11.8 Å². The second kappa shape index (κ2) is 7.13. The first-order valence-electron chi connectivity index (χ1n) is 6.22. The smallest absolute Gasteiger partial charge is 0.249 e. The molecule has 0 spiro atoms. The van der Waals surface area contributed by atoms with Crippen LogP contribution < -0.4 is 16.4 Å². The van der Waals surface area contributed by atoms with E-state index in [2.05, 4.69) is 10.6 Å². The number of likely N-dealkylation sites (N-methyl/N-ethyl adjacent to an activating group) is 1. The number of hydrogen-bond acceptors (Lipinski definition) is 4. The molecule has 4 N–H and O–H groups in total. The van der Waals surface area contributed by atoms with Crippen molar-refractivity contribution in [3.8, 4) is 0 Å². The van der Waals surface area contributed by atoms with E-state index in [9.17, 15) is 9.59 Å². The van der Waals surface area contributed by atoms with Gasteiger partial charge in [0.15, 0.2) is 0 Å². The van der Waals surface area contributed by atoms with E-state index in [-0.39, 0.29) is 11.8 Å². The highest BCUT2D eigenvalue weighted by atomic mass is 16.2. The second-order valence-electron chi connectivity index (χ2n) is 4.37. The predicted octanol–water partition coefficient (Wildman–Crippen LogP) is -1.17. The number of carbonyl (C=O) groups is 2. The van der Waals surface area contributed by atoms with Crippen molar-refractivity contribution in [2.75, 3.05) is 39.8 Å². The SMILES string of the molecule is CC1=C(C(=O)NCCNCCN)CCN(C)C1=O. The summed E-state index contributed by atoms with van der Waals surface area (Å²) in [6.45, 7) is 4.85. The lowest BCUT2D eigenvalue weighted by Crippen LogP contribution is -2.39. The third-order valence-electron chi connectivity index (χ3n) is 3.00. The van der Waals surface area contributed by atoms with Gasteiger partial charge >= 0.3 is 0 Å². The standard InChI is InChI=1S/C12H22N4O2/c1-9-10(3-8-16(2)12(9)18)11(17)15-7-6-14-5-4-13/h14H,3-8,13H2,1-2H3,(H,15,17). The lowest BCUT2D eigenvalue weighted by Gasteiger charge is -2.25. The van der Waals surface area contributed by atoms with E-state index in [1.54, 1.807) is 18.9 Å². The van der Waals surface area contributed by atoms with Gasteiger partial charge in [0.25, 0.3) is 0 Å². The number of hydrogen-bond donors (Lipinski definition) is 3. The molecule has 0 saturated carbocycles. The van der Waals surface area contributed by atoms with Gasteiger partial charge in [-0.25, -0.2) is 0 Å². The molecule has 102 valence electrons. The number of amides is 2. The lowest BCUT2D eigenvalue weighted by molar-refractivity contribution is -0.127. The molecule has 0 bridgehead atoms. The van der Waals surface area contributed by atoms with Crippen LogP contribution in [0.25, 0.3) is 0 Å². The fourth-order valence-corrected chi connectivity index (χ4v) is 1.87. The van der Waals surface area contributed by atoms with Crippen LogP contribution in [-0.4, -0.2) is 56.5 Å². The Labute approximate surface area is 108 Å². The zero-order valence-corrected chi connectivity index (χ0v) is 11.1.